The monoisotopic (exact) mass is 1750 g/mol. The van der Waals surface area contributed by atoms with E-state index in [-0.39, 0.29) is 17.8 Å². The summed E-state index contributed by atoms with van der Waals surface area (Å²) in [5, 5.41) is 2.49. The minimum Gasteiger partial charge on any atom is -0.309 e. The molecule has 0 amide bonds. The molecule has 0 bridgehead atoms. The number of rotatable bonds is 14. The zero-order valence-electron chi connectivity index (χ0n) is 76.0. The molecule has 1 heteroatoms. The molecule has 1 nitrogen and oxygen atoms in total. The van der Waals surface area contributed by atoms with Crippen molar-refractivity contribution in [3.05, 3.63) is 628 Å². The molecule has 0 spiro atoms. The second kappa shape index (κ2) is 32.8. The number of hydrogen-bond acceptors (Lipinski definition) is 0. The van der Waals surface area contributed by atoms with Crippen LogP contribution < -0.4 is 0 Å². The van der Waals surface area contributed by atoms with Gasteiger partial charge in [0, 0.05) is 39.8 Å². The fraction of sp³-hybridized carbons (Fsp3) is 0.0365. The van der Waals surface area contributed by atoms with E-state index in [0.717, 1.165) is 5.69 Å². The van der Waals surface area contributed by atoms with E-state index >= 15 is 0 Å². The lowest BCUT2D eigenvalue weighted by atomic mass is 9.65. The Morgan fingerprint density at radius 1 is 0.174 bits per heavy atom. The van der Waals surface area contributed by atoms with Crippen LogP contribution in [0.25, 0.3) is 150 Å². The summed E-state index contributed by atoms with van der Waals surface area (Å²) in [4.78, 5) is 0. The first-order chi connectivity index (χ1) is 68.5. The Labute approximate surface area is 805 Å². The van der Waals surface area contributed by atoms with Gasteiger partial charge in [0.2, 0.25) is 0 Å². The third kappa shape index (κ3) is 12.6. The van der Waals surface area contributed by atoms with Gasteiger partial charge in [-0.3, -0.25) is 0 Å². The zero-order chi connectivity index (χ0) is 90.9. The van der Waals surface area contributed by atoms with Crippen molar-refractivity contribution in [2.24, 2.45) is 0 Å². The van der Waals surface area contributed by atoms with Gasteiger partial charge in [0.25, 0.3) is 0 Å². The van der Waals surface area contributed by atoms with Gasteiger partial charge in [0.05, 0.1) is 21.9 Å². The molecule has 644 valence electrons. The quantitative estimate of drug-likeness (QED) is 0.102. The minimum atomic E-state index is -0.529. The van der Waals surface area contributed by atoms with E-state index in [1.54, 1.807) is 0 Å². The number of nitrogens with zero attached hydrogens (tertiary/aromatic N) is 1. The Bertz CT molecular complexity index is 8580. The average Bonchev–Trinajstić information content (AvgIpc) is 1.51. The molecule has 0 aliphatic heterocycles. The Balaban J connectivity index is 0.000000139. The lowest BCUT2D eigenvalue weighted by Crippen LogP contribution is -2.30. The summed E-state index contributed by atoms with van der Waals surface area (Å²) in [6.07, 6.45) is 0. The van der Waals surface area contributed by atoms with Gasteiger partial charge in [-0.15, -0.1) is 0 Å². The van der Waals surface area contributed by atoms with Crippen molar-refractivity contribution in [3.8, 4) is 128 Å². The molecule has 3 unspecified atom stereocenters. The molecule has 5 aliphatic rings. The van der Waals surface area contributed by atoms with E-state index < -0.39 is 10.8 Å². The van der Waals surface area contributed by atoms with Crippen LogP contribution in [-0.2, 0) is 10.8 Å². The normalized spacial score (nSPS) is 14.7. The lowest BCUT2D eigenvalue weighted by Gasteiger charge is -2.36. The van der Waals surface area contributed by atoms with Crippen LogP contribution in [0.3, 0.4) is 0 Å². The number of aromatic nitrogens is 1. The van der Waals surface area contributed by atoms with Gasteiger partial charge in [-0.05, 0) is 254 Å². The molecule has 0 saturated carbocycles. The van der Waals surface area contributed by atoms with Gasteiger partial charge < -0.3 is 4.57 Å². The first kappa shape index (κ1) is 80.3. The minimum absolute atomic E-state index is 0.0193. The number of benzene rings is 22. The number of hydrogen-bond donors (Lipinski definition) is 0. The van der Waals surface area contributed by atoms with E-state index in [2.05, 4.69) is 538 Å². The second-order valence-electron chi connectivity index (χ2n) is 37.7. The molecule has 5 aliphatic carbocycles. The molecule has 28 rings (SSSR count). The highest BCUT2D eigenvalue weighted by molar-refractivity contribution is 6.17. The molecule has 0 saturated heterocycles. The van der Waals surface area contributed by atoms with Crippen molar-refractivity contribution in [2.75, 3.05) is 0 Å². The van der Waals surface area contributed by atoms with Crippen LogP contribution in [0.15, 0.2) is 534 Å². The van der Waals surface area contributed by atoms with E-state index in [1.165, 1.54) is 239 Å². The summed E-state index contributed by atoms with van der Waals surface area (Å²) in [5.41, 5.74) is 53.0. The van der Waals surface area contributed by atoms with E-state index in [9.17, 15) is 0 Å². The summed E-state index contributed by atoms with van der Waals surface area (Å²) < 4.78 is 2.54. The van der Waals surface area contributed by atoms with Crippen molar-refractivity contribution in [2.45, 2.75) is 28.6 Å². The smallest absolute Gasteiger partial charge is 0.0716 e. The highest BCUT2D eigenvalue weighted by atomic mass is 15.0. The molecule has 0 fully saturated rings. The summed E-state index contributed by atoms with van der Waals surface area (Å²) in [5.74, 6) is 0.371. The van der Waals surface area contributed by atoms with Crippen LogP contribution in [0.2, 0.25) is 0 Å². The third-order valence-corrected chi connectivity index (χ3v) is 30.8. The SMILES string of the molecule is c1ccc(-c2ccc(C3c4ccccc4-c4cc(-c5ccc6c(c5)-c5ccc7c(c5C6c5ccc(-c6ccccc6)cc5)C(c5ccccc5)(c5ccccc5)c5ccccc5-7)ccc43)cc2)cc1.c1ccc(-c2ccc(C3c4ccccc4-c4cc(-c5ccc6c(c5)c5ccc7c(c5n6-c5ccc(-c6ccccc6)cc5)-c5ccccc5C7(c5ccccc5)c5ccccc5)ccc43)cc2)cc1. The van der Waals surface area contributed by atoms with Gasteiger partial charge in [0.1, 0.15) is 0 Å². The summed E-state index contributed by atoms with van der Waals surface area (Å²) in [7, 11) is 0. The van der Waals surface area contributed by atoms with Crippen LogP contribution in [0.1, 0.15) is 112 Å². The molecular formula is C137H91N. The second-order valence-corrected chi connectivity index (χ2v) is 37.7. The molecular weight excluding hydrogens is 1660 g/mol. The number of fused-ring (bicyclic) bond motifs is 20. The fourth-order valence-corrected chi connectivity index (χ4v) is 24.7. The van der Waals surface area contributed by atoms with Gasteiger partial charge in [0.15, 0.2) is 0 Å². The predicted molar refractivity (Wildman–Crippen MR) is 573 cm³/mol. The predicted octanol–water partition coefficient (Wildman–Crippen LogP) is 34.7. The van der Waals surface area contributed by atoms with Crippen LogP contribution in [-0.4, -0.2) is 4.57 Å². The maximum absolute atomic E-state index is 2.54. The molecule has 23 aromatic rings. The van der Waals surface area contributed by atoms with Gasteiger partial charge in [-0.1, -0.05) is 491 Å². The van der Waals surface area contributed by atoms with Crippen molar-refractivity contribution < 1.29 is 0 Å². The molecule has 1 heterocycles. The third-order valence-electron chi connectivity index (χ3n) is 30.8. The molecule has 3 atom stereocenters. The largest absolute Gasteiger partial charge is 0.309 e. The fourth-order valence-electron chi connectivity index (χ4n) is 24.7. The molecule has 1 aromatic heterocycles. The van der Waals surface area contributed by atoms with Crippen molar-refractivity contribution in [1.82, 2.24) is 4.57 Å². The van der Waals surface area contributed by atoms with Gasteiger partial charge in [-0.25, -0.2) is 0 Å². The Kier molecular flexibility index (Phi) is 19.1. The van der Waals surface area contributed by atoms with Gasteiger partial charge >= 0.3 is 0 Å². The molecule has 0 N–H and O–H groups in total. The summed E-state index contributed by atoms with van der Waals surface area (Å²) >= 11 is 0. The Hall–Kier alpha value is -17.4. The van der Waals surface area contributed by atoms with E-state index in [4.69, 9.17) is 0 Å². The van der Waals surface area contributed by atoms with E-state index in [0.29, 0.717) is 0 Å². The molecule has 0 radical (unpaired) electrons. The first-order valence-corrected chi connectivity index (χ1v) is 48.4. The van der Waals surface area contributed by atoms with Crippen LogP contribution >= 0.6 is 0 Å². The Morgan fingerprint density at radius 2 is 0.486 bits per heavy atom. The average molecular weight is 1750 g/mol. The van der Waals surface area contributed by atoms with Crippen molar-refractivity contribution in [1.29, 1.82) is 0 Å². The Morgan fingerprint density at radius 3 is 0.928 bits per heavy atom. The molecule has 138 heavy (non-hydrogen) atoms. The van der Waals surface area contributed by atoms with Crippen LogP contribution in [0, 0.1) is 0 Å². The standard InChI is InChI=1S/C69H46.C68H45N/c1-5-17-45(18-6-1)47-29-33-49(34-30-47)65-57-27-14-13-25-55(57)62-43-51(37-39-58(62)65)52-38-40-59-63(44-52)60-41-42-61-56-26-15-16-28-64(56)69(53-21-9-3-10-22-53,54-23-11-4-12-24-54)68(61)67(60)66(59)50-35-31-48(32-36-50)46-19-7-2-8-20-46;1-5-17-45(18-6-1)47-29-31-49(32-30-47)65-56-26-14-13-25-55(56)60-43-50(35-39-57(60)65)51-36-42-64-61(44-51)58-40-41-63-66(67(58)69(64)54-37-33-48(34-38-54)46-19-7-2-8-20-46)59-27-15-16-28-62(59)68(63,52-21-9-3-10-22-52)53-23-11-4-12-24-53/h1-44,65-66H;1-44,65H. The maximum atomic E-state index is 2.54. The highest BCUT2D eigenvalue weighted by Crippen LogP contribution is 2.65. The van der Waals surface area contributed by atoms with Crippen LogP contribution in [0.4, 0.5) is 0 Å². The van der Waals surface area contributed by atoms with Crippen LogP contribution in [0.5, 0.6) is 0 Å². The molecule has 22 aromatic carbocycles. The topological polar surface area (TPSA) is 4.93 Å². The lowest BCUT2D eigenvalue weighted by molar-refractivity contribution is 0.752. The summed E-state index contributed by atoms with van der Waals surface area (Å²) in [6.45, 7) is 0. The summed E-state index contributed by atoms with van der Waals surface area (Å²) in [6, 6.07) is 199. The van der Waals surface area contributed by atoms with Crippen molar-refractivity contribution >= 4 is 21.8 Å². The zero-order valence-corrected chi connectivity index (χ0v) is 76.0. The first-order valence-electron chi connectivity index (χ1n) is 48.4. The van der Waals surface area contributed by atoms with E-state index in [1.807, 2.05) is 0 Å². The van der Waals surface area contributed by atoms with Gasteiger partial charge in [-0.2, -0.15) is 0 Å². The maximum Gasteiger partial charge on any atom is 0.0716 e. The van der Waals surface area contributed by atoms with Crippen molar-refractivity contribution in [3.63, 3.8) is 0 Å². The highest BCUT2D eigenvalue weighted by Gasteiger charge is 2.52.